The Morgan fingerprint density at radius 2 is 1.56 bits per heavy atom. The van der Waals surface area contributed by atoms with E-state index >= 15 is 0 Å². The number of anilines is 1. The van der Waals surface area contributed by atoms with Crippen LogP contribution in [0, 0.1) is 5.82 Å². The van der Waals surface area contributed by atoms with Crippen molar-refractivity contribution in [2.45, 2.75) is 0 Å². The molecule has 0 aliphatic heterocycles. The summed E-state index contributed by atoms with van der Waals surface area (Å²) in [6.45, 7) is 0. The van der Waals surface area contributed by atoms with Crippen LogP contribution in [0.3, 0.4) is 0 Å². The smallest absolute Gasteiger partial charge is 0.146 e. The minimum Gasteiger partial charge on any atom is -0.396 e. The first kappa shape index (κ1) is 10.3. The minimum atomic E-state index is -0.446. The Bertz CT molecular complexity index is 509. The molecule has 0 aliphatic rings. The quantitative estimate of drug-likeness (QED) is 0.600. The number of azo groups is 1. The van der Waals surface area contributed by atoms with Crippen LogP contribution in [0.15, 0.2) is 58.8 Å². The highest BCUT2D eigenvalue weighted by Gasteiger charge is 1.98. The first-order valence-electron chi connectivity index (χ1n) is 4.77. The maximum absolute atomic E-state index is 12.9. The Hall–Kier alpha value is -2.23. The van der Waals surface area contributed by atoms with Gasteiger partial charge in [0.05, 0.1) is 17.1 Å². The molecule has 2 aromatic rings. The largest absolute Gasteiger partial charge is 0.396 e. The third-order valence-electron chi connectivity index (χ3n) is 2.02. The van der Waals surface area contributed by atoms with Gasteiger partial charge in [0.2, 0.25) is 0 Å². The number of nitrogens with zero attached hydrogens (tertiary/aromatic N) is 2. The number of hydrogen-bond acceptors (Lipinski definition) is 3. The Balaban J connectivity index is 2.21. The van der Waals surface area contributed by atoms with Gasteiger partial charge >= 0.3 is 0 Å². The van der Waals surface area contributed by atoms with Crippen LogP contribution in [0.2, 0.25) is 0 Å². The van der Waals surface area contributed by atoms with Crippen LogP contribution in [0.5, 0.6) is 0 Å². The number of halogens is 1. The Morgan fingerprint density at radius 3 is 2.25 bits per heavy atom. The second-order valence-electron chi connectivity index (χ2n) is 3.24. The first-order valence-corrected chi connectivity index (χ1v) is 4.77. The van der Waals surface area contributed by atoms with Gasteiger partial charge in [0.15, 0.2) is 0 Å². The van der Waals surface area contributed by atoms with Gasteiger partial charge in [0.1, 0.15) is 5.82 Å². The van der Waals surface area contributed by atoms with E-state index in [2.05, 4.69) is 10.2 Å². The molecule has 0 bridgehead atoms. The molecule has 2 N–H and O–H groups in total. The molecule has 2 rings (SSSR count). The topological polar surface area (TPSA) is 50.7 Å². The maximum atomic E-state index is 12.9. The van der Waals surface area contributed by atoms with E-state index in [1.807, 2.05) is 30.3 Å². The zero-order valence-electron chi connectivity index (χ0n) is 8.47. The van der Waals surface area contributed by atoms with Crippen LogP contribution in [-0.2, 0) is 0 Å². The Labute approximate surface area is 92.4 Å². The molecule has 4 heteroatoms. The maximum Gasteiger partial charge on any atom is 0.146 e. The van der Waals surface area contributed by atoms with Crippen LogP contribution >= 0.6 is 0 Å². The molecule has 0 amide bonds. The van der Waals surface area contributed by atoms with Gasteiger partial charge in [-0.2, -0.15) is 10.2 Å². The van der Waals surface area contributed by atoms with Crippen LogP contribution in [0.1, 0.15) is 0 Å². The summed E-state index contributed by atoms with van der Waals surface area (Å²) >= 11 is 0. The monoisotopic (exact) mass is 215 g/mol. The molecule has 0 saturated heterocycles. The molecule has 0 aromatic heterocycles. The third kappa shape index (κ3) is 2.42. The van der Waals surface area contributed by atoms with Crippen LogP contribution in [0.4, 0.5) is 21.5 Å². The molecule has 0 radical (unpaired) electrons. The van der Waals surface area contributed by atoms with E-state index in [-0.39, 0.29) is 5.69 Å². The summed E-state index contributed by atoms with van der Waals surface area (Å²) in [6.07, 6.45) is 0. The normalized spacial score (nSPS) is 10.8. The van der Waals surface area contributed by atoms with Crippen molar-refractivity contribution >= 4 is 17.1 Å². The molecular weight excluding hydrogens is 205 g/mol. The van der Waals surface area contributed by atoms with E-state index in [4.69, 9.17) is 5.73 Å². The van der Waals surface area contributed by atoms with Crippen molar-refractivity contribution in [3.05, 3.63) is 54.3 Å². The predicted octanol–water partition coefficient (Wildman–Crippen LogP) is 3.82. The molecule has 16 heavy (non-hydrogen) atoms. The lowest BCUT2D eigenvalue weighted by atomic mass is 10.3. The standard InChI is InChI=1S/C12H10FN3/c13-11-7-6-10(8-12(11)14)16-15-9-4-2-1-3-5-9/h1-8H,14H2. The zero-order valence-corrected chi connectivity index (χ0v) is 8.47. The highest BCUT2D eigenvalue weighted by molar-refractivity contribution is 5.51. The fourth-order valence-corrected chi connectivity index (χ4v) is 1.20. The lowest BCUT2D eigenvalue weighted by molar-refractivity contribution is 0.632. The fourth-order valence-electron chi connectivity index (χ4n) is 1.20. The van der Waals surface area contributed by atoms with Crippen molar-refractivity contribution in [3.63, 3.8) is 0 Å². The lowest BCUT2D eigenvalue weighted by Gasteiger charge is -1.96. The molecular formula is C12H10FN3. The molecule has 80 valence electrons. The molecule has 3 nitrogen and oxygen atoms in total. The molecule has 0 unspecified atom stereocenters. The van der Waals surface area contributed by atoms with Crippen molar-refractivity contribution in [2.24, 2.45) is 10.2 Å². The van der Waals surface area contributed by atoms with Crippen LogP contribution < -0.4 is 5.73 Å². The summed E-state index contributed by atoms with van der Waals surface area (Å²) in [5.74, 6) is -0.446. The second-order valence-corrected chi connectivity index (χ2v) is 3.24. The van der Waals surface area contributed by atoms with Gasteiger partial charge in [-0.15, -0.1) is 0 Å². The van der Waals surface area contributed by atoms with Crippen molar-refractivity contribution in [1.29, 1.82) is 0 Å². The number of nitrogens with two attached hydrogens (primary N) is 1. The van der Waals surface area contributed by atoms with E-state index in [0.29, 0.717) is 5.69 Å². The van der Waals surface area contributed by atoms with Crippen molar-refractivity contribution < 1.29 is 4.39 Å². The summed E-state index contributed by atoms with van der Waals surface area (Å²) < 4.78 is 12.9. The number of nitrogen functional groups attached to an aromatic ring is 1. The van der Waals surface area contributed by atoms with E-state index in [0.717, 1.165) is 5.69 Å². The summed E-state index contributed by atoms with van der Waals surface area (Å²) in [5.41, 5.74) is 6.76. The molecule has 0 fully saturated rings. The van der Waals surface area contributed by atoms with E-state index < -0.39 is 5.82 Å². The lowest BCUT2D eigenvalue weighted by Crippen LogP contribution is -1.88. The average Bonchev–Trinajstić information content (AvgIpc) is 2.32. The van der Waals surface area contributed by atoms with Gasteiger partial charge in [0.25, 0.3) is 0 Å². The molecule has 2 aromatic carbocycles. The summed E-state index contributed by atoms with van der Waals surface area (Å²) in [5, 5.41) is 7.95. The summed E-state index contributed by atoms with van der Waals surface area (Å²) in [4.78, 5) is 0. The van der Waals surface area contributed by atoms with Gasteiger partial charge in [0, 0.05) is 0 Å². The van der Waals surface area contributed by atoms with E-state index in [1.165, 1.54) is 18.2 Å². The average molecular weight is 215 g/mol. The zero-order chi connectivity index (χ0) is 11.4. The molecule has 0 aliphatic carbocycles. The van der Waals surface area contributed by atoms with E-state index in [1.54, 1.807) is 0 Å². The third-order valence-corrected chi connectivity index (χ3v) is 2.02. The molecule has 0 atom stereocenters. The minimum absolute atomic E-state index is 0.0736. The Kier molecular flexibility index (Phi) is 2.91. The molecule has 0 heterocycles. The number of rotatable bonds is 2. The van der Waals surface area contributed by atoms with Gasteiger partial charge in [-0.05, 0) is 30.3 Å². The predicted molar refractivity (Wildman–Crippen MR) is 61.4 cm³/mol. The van der Waals surface area contributed by atoms with Gasteiger partial charge in [-0.25, -0.2) is 4.39 Å². The SMILES string of the molecule is Nc1cc(N=Nc2ccccc2)ccc1F. The highest BCUT2D eigenvalue weighted by Crippen LogP contribution is 2.21. The van der Waals surface area contributed by atoms with Gasteiger partial charge in [-0.3, -0.25) is 0 Å². The first-order chi connectivity index (χ1) is 7.75. The van der Waals surface area contributed by atoms with E-state index in [9.17, 15) is 4.39 Å². The van der Waals surface area contributed by atoms with Gasteiger partial charge in [-0.1, -0.05) is 18.2 Å². The van der Waals surface area contributed by atoms with Crippen molar-refractivity contribution in [1.82, 2.24) is 0 Å². The summed E-state index contributed by atoms with van der Waals surface area (Å²) in [6, 6.07) is 13.5. The summed E-state index contributed by atoms with van der Waals surface area (Å²) in [7, 11) is 0. The second kappa shape index (κ2) is 4.53. The van der Waals surface area contributed by atoms with Crippen LogP contribution in [-0.4, -0.2) is 0 Å². The van der Waals surface area contributed by atoms with Crippen molar-refractivity contribution in [3.8, 4) is 0 Å². The molecule has 0 spiro atoms. The number of hydrogen-bond donors (Lipinski definition) is 1. The fraction of sp³-hybridized carbons (Fsp3) is 0. The van der Waals surface area contributed by atoms with Gasteiger partial charge < -0.3 is 5.73 Å². The van der Waals surface area contributed by atoms with Crippen LogP contribution in [0.25, 0.3) is 0 Å². The Morgan fingerprint density at radius 1 is 0.875 bits per heavy atom. The molecule has 0 saturated carbocycles. The number of benzene rings is 2. The highest BCUT2D eigenvalue weighted by atomic mass is 19.1. The van der Waals surface area contributed by atoms with Crippen molar-refractivity contribution in [2.75, 3.05) is 5.73 Å².